The molecule has 0 bridgehead atoms. The second-order valence-electron chi connectivity index (χ2n) is 11.3. The Morgan fingerprint density at radius 2 is 2.00 bits per heavy atom. The second kappa shape index (κ2) is 14.0. The highest BCUT2D eigenvalue weighted by atomic mass is 16.7. The van der Waals surface area contributed by atoms with Crippen molar-refractivity contribution in [1.29, 1.82) is 0 Å². The number of unbranched alkanes of at least 4 members (excludes halogenated alkanes) is 1. The maximum Gasteiger partial charge on any atom is 0.308 e. The van der Waals surface area contributed by atoms with E-state index in [4.69, 9.17) is 19.9 Å². The van der Waals surface area contributed by atoms with Gasteiger partial charge in [-0.25, -0.2) is 0 Å². The molecule has 2 unspecified atom stereocenters. The van der Waals surface area contributed by atoms with Gasteiger partial charge in [0.25, 0.3) is 0 Å². The topological polar surface area (TPSA) is 115 Å². The van der Waals surface area contributed by atoms with Gasteiger partial charge in [-0.15, -0.1) is 0 Å². The fourth-order valence-electron chi connectivity index (χ4n) is 6.34. The van der Waals surface area contributed by atoms with E-state index in [9.17, 15) is 14.7 Å². The van der Waals surface area contributed by atoms with Crippen molar-refractivity contribution in [2.45, 2.75) is 71.4 Å². The molecule has 224 valence electrons. The summed E-state index contributed by atoms with van der Waals surface area (Å²) < 4.78 is 16.8. The smallest absolute Gasteiger partial charge is 0.308 e. The molecule has 2 heterocycles. The predicted molar refractivity (Wildman–Crippen MR) is 159 cm³/mol. The maximum atomic E-state index is 14.0. The van der Waals surface area contributed by atoms with E-state index in [0.717, 1.165) is 42.5 Å². The van der Waals surface area contributed by atoms with Crippen LogP contribution in [0.4, 0.5) is 5.69 Å². The molecule has 4 atom stereocenters. The number of methoxy groups -OCH3 is 1. The van der Waals surface area contributed by atoms with Crippen LogP contribution < -0.4 is 24.8 Å². The number of likely N-dealkylation sites (tertiary alicyclic amines) is 1. The Labute approximate surface area is 243 Å². The minimum Gasteiger partial charge on any atom is -0.493 e. The summed E-state index contributed by atoms with van der Waals surface area (Å²) in [4.78, 5) is 30.8. The minimum absolute atomic E-state index is 0.0335. The van der Waals surface area contributed by atoms with Gasteiger partial charge in [0.1, 0.15) is 0 Å². The van der Waals surface area contributed by atoms with Crippen LogP contribution in [0.2, 0.25) is 0 Å². The van der Waals surface area contributed by atoms with Gasteiger partial charge in [-0.1, -0.05) is 52.2 Å². The molecule has 1 amide bonds. The van der Waals surface area contributed by atoms with E-state index < -0.39 is 11.9 Å². The lowest BCUT2D eigenvalue weighted by Crippen LogP contribution is -2.45. The quantitative estimate of drug-likeness (QED) is 0.327. The van der Waals surface area contributed by atoms with E-state index >= 15 is 0 Å². The van der Waals surface area contributed by atoms with Crippen molar-refractivity contribution in [3.63, 3.8) is 0 Å². The molecule has 41 heavy (non-hydrogen) atoms. The van der Waals surface area contributed by atoms with Gasteiger partial charge < -0.3 is 30.0 Å². The number of ether oxygens (including phenoxy) is 3. The van der Waals surface area contributed by atoms with Gasteiger partial charge in [0.2, 0.25) is 18.4 Å². The van der Waals surface area contributed by atoms with Crippen LogP contribution in [0.1, 0.15) is 69.9 Å². The molecule has 0 radical (unpaired) electrons. The first kappa shape index (κ1) is 30.7. The Morgan fingerprint density at radius 1 is 1.20 bits per heavy atom. The Balaban J connectivity index is 1.68. The third-order valence-electron chi connectivity index (χ3n) is 8.40. The number of anilines is 1. The number of nitrogens with zero attached hydrogens (tertiary/aromatic N) is 2. The first-order valence-electron chi connectivity index (χ1n) is 14.8. The van der Waals surface area contributed by atoms with Crippen LogP contribution >= 0.6 is 0 Å². The van der Waals surface area contributed by atoms with Gasteiger partial charge in [-0.05, 0) is 54.2 Å². The van der Waals surface area contributed by atoms with Crippen molar-refractivity contribution in [2.75, 3.05) is 38.4 Å². The molecule has 0 saturated carbocycles. The average Bonchev–Trinajstić information content (AvgIpc) is 3.58. The Bertz CT molecular complexity index is 1200. The van der Waals surface area contributed by atoms with Crippen LogP contribution in [0.25, 0.3) is 0 Å². The number of carbonyl (C=O) groups is 2. The first-order chi connectivity index (χ1) is 19.8. The van der Waals surface area contributed by atoms with E-state index in [1.165, 1.54) is 0 Å². The lowest BCUT2D eigenvalue weighted by Gasteiger charge is -2.31. The summed E-state index contributed by atoms with van der Waals surface area (Å²) in [5.41, 5.74) is 8.50. The number of carboxylic acids is 1. The van der Waals surface area contributed by atoms with Crippen molar-refractivity contribution in [2.24, 2.45) is 17.6 Å². The summed E-state index contributed by atoms with van der Waals surface area (Å²) in [5, 5.41) is 10.6. The normalized spacial score (nSPS) is 20.7. The van der Waals surface area contributed by atoms with Crippen LogP contribution in [-0.2, 0) is 16.1 Å². The van der Waals surface area contributed by atoms with E-state index in [1.807, 2.05) is 41.3 Å². The lowest BCUT2D eigenvalue weighted by atomic mass is 9.81. The maximum absolute atomic E-state index is 14.0. The third kappa shape index (κ3) is 6.96. The zero-order valence-corrected chi connectivity index (χ0v) is 24.8. The SMILES string of the molecule is CCCCN(C(=O)CN1C[C@H](c2cc(OC)c3c(c2)OCO3)C(C(=O)O)[C@@H]1CC(C)CCC)c1cccc(CN)c1. The standard InChI is InChI=1S/C32H45N3O6/c1-5-7-12-35(24-11-8-10-22(14-24)17-33)29(36)19-34-18-25(30(32(37)38)26(34)13-21(3)9-6-2)23-15-27(39-4)31-28(16-23)40-20-41-31/h8,10-11,14-16,21,25-26,30H,5-7,9,12-13,17-20,33H2,1-4H3,(H,37,38)/t21?,25-,26+,30?/m1/s1. The lowest BCUT2D eigenvalue weighted by molar-refractivity contribution is -0.143. The molecule has 0 aliphatic carbocycles. The molecule has 9 nitrogen and oxygen atoms in total. The summed E-state index contributed by atoms with van der Waals surface area (Å²) in [5.74, 6) is 0.0284. The number of amides is 1. The number of hydrogen-bond acceptors (Lipinski definition) is 7. The van der Waals surface area contributed by atoms with Crippen molar-refractivity contribution in [3.8, 4) is 17.2 Å². The van der Waals surface area contributed by atoms with Crippen LogP contribution in [0, 0.1) is 11.8 Å². The third-order valence-corrected chi connectivity index (χ3v) is 8.40. The molecular weight excluding hydrogens is 522 g/mol. The highest BCUT2D eigenvalue weighted by Gasteiger charge is 2.48. The molecule has 0 spiro atoms. The largest absolute Gasteiger partial charge is 0.493 e. The molecule has 4 rings (SSSR count). The summed E-state index contributed by atoms with van der Waals surface area (Å²) in [7, 11) is 1.56. The number of benzene rings is 2. The van der Waals surface area contributed by atoms with Crippen molar-refractivity contribution in [1.82, 2.24) is 4.90 Å². The highest BCUT2D eigenvalue weighted by molar-refractivity contribution is 5.95. The molecule has 9 heteroatoms. The number of carbonyl (C=O) groups excluding carboxylic acids is 1. The number of nitrogens with two attached hydrogens (primary N) is 1. The molecule has 1 saturated heterocycles. The highest BCUT2D eigenvalue weighted by Crippen LogP contribution is 2.47. The van der Waals surface area contributed by atoms with Gasteiger partial charge >= 0.3 is 5.97 Å². The van der Waals surface area contributed by atoms with Crippen molar-refractivity contribution in [3.05, 3.63) is 47.5 Å². The van der Waals surface area contributed by atoms with Gasteiger partial charge in [0, 0.05) is 37.3 Å². The zero-order chi connectivity index (χ0) is 29.5. The second-order valence-corrected chi connectivity index (χ2v) is 11.3. The van der Waals surface area contributed by atoms with Crippen LogP contribution in [0.5, 0.6) is 17.2 Å². The summed E-state index contributed by atoms with van der Waals surface area (Å²) in [6.45, 7) is 8.09. The van der Waals surface area contributed by atoms with Gasteiger partial charge in [-0.2, -0.15) is 0 Å². The van der Waals surface area contributed by atoms with Crippen LogP contribution in [0.3, 0.4) is 0 Å². The zero-order valence-electron chi connectivity index (χ0n) is 24.8. The molecule has 2 aliphatic rings. The summed E-state index contributed by atoms with van der Waals surface area (Å²) in [6.07, 6.45) is 4.55. The number of rotatable bonds is 14. The van der Waals surface area contributed by atoms with Crippen molar-refractivity contribution >= 4 is 17.6 Å². The Kier molecular flexibility index (Phi) is 10.5. The summed E-state index contributed by atoms with van der Waals surface area (Å²) >= 11 is 0. The average molecular weight is 568 g/mol. The number of fused-ring (bicyclic) bond motifs is 1. The van der Waals surface area contributed by atoms with E-state index in [-0.39, 0.29) is 31.2 Å². The first-order valence-corrected chi connectivity index (χ1v) is 14.8. The molecular formula is C32H45N3O6. The molecule has 2 aromatic rings. The van der Waals surface area contributed by atoms with Gasteiger partial charge in [0.15, 0.2) is 11.5 Å². The molecule has 2 aromatic carbocycles. The van der Waals surface area contributed by atoms with Crippen LogP contribution in [0.15, 0.2) is 36.4 Å². The number of hydrogen-bond donors (Lipinski definition) is 2. The molecule has 0 aromatic heterocycles. The van der Waals surface area contributed by atoms with Gasteiger partial charge in [0.05, 0.1) is 19.6 Å². The Hall–Kier alpha value is -3.30. The number of carboxylic acid groups (broad SMARTS) is 1. The van der Waals surface area contributed by atoms with Crippen LogP contribution in [-0.4, -0.2) is 61.5 Å². The summed E-state index contributed by atoms with van der Waals surface area (Å²) in [6, 6.07) is 11.2. The minimum atomic E-state index is -0.853. The van der Waals surface area contributed by atoms with Gasteiger partial charge in [-0.3, -0.25) is 14.5 Å². The fourth-order valence-corrected chi connectivity index (χ4v) is 6.34. The van der Waals surface area contributed by atoms with E-state index in [0.29, 0.717) is 49.2 Å². The molecule has 2 aliphatic heterocycles. The molecule has 3 N–H and O–H groups in total. The Morgan fingerprint density at radius 3 is 2.68 bits per heavy atom. The van der Waals surface area contributed by atoms with E-state index in [2.05, 4.69) is 25.7 Å². The fraction of sp³-hybridized carbons (Fsp3) is 0.562. The predicted octanol–water partition coefficient (Wildman–Crippen LogP) is 5.01. The number of aliphatic carboxylic acids is 1. The van der Waals surface area contributed by atoms with Crippen molar-refractivity contribution < 1.29 is 28.9 Å². The molecule has 1 fully saturated rings. The van der Waals surface area contributed by atoms with E-state index in [1.54, 1.807) is 7.11 Å². The monoisotopic (exact) mass is 567 g/mol.